The number of amides is 1. The number of esters is 1. The third-order valence-corrected chi connectivity index (χ3v) is 4.04. The minimum atomic E-state index is -0.209. The molecule has 1 amide bonds. The van der Waals surface area contributed by atoms with Crippen molar-refractivity contribution in [2.45, 2.75) is 51.5 Å². The number of ether oxygens (including phenoxy) is 1. The highest BCUT2D eigenvalue weighted by Crippen LogP contribution is 2.21. The van der Waals surface area contributed by atoms with Crippen LogP contribution in [0.4, 0.5) is 0 Å². The SMILES string of the molecule is CCOC(=O)CC1CCCCN1C(=O)CCc1cnn(C)c1. The predicted octanol–water partition coefficient (Wildman–Crippen LogP) is 1.69. The summed E-state index contributed by atoms with van der Waals surface area (Å²) >= 11 is 0. The van der Waals surface area contributed by atoms with Gasteiger partial charge >= 0.3 is 5.97 Å². The van der Waals surface area contributed by atoms with Crippen molar-refractivity contribution in [2.75, 3.05) is 13.2 Å². The van der Waals surface area contributed by atoms with Crippen LogP contribution in [0.3, 0.4) is 0 Å². The van der Waals surface area contributed by atoms with E-state index in [4.69, 9.17) is 4.74 Å². The lowest BCUT2D eigenvalue weighted by molar-refractivity contribution is -0.146. The Balaban J connectivity index is 1.88. The van der Waals surface area contributed by atoms with Crippen LogP contribution < -0.4 is 0 Å². The smallest absolute Gasteiger partial charge is 0.307 e. The van der Waals surface area contributed by atoms with Gasteiger partial charge in [-0.3, -0.25) is 14.3 Å². The van der Waals surface area contributed by atoms with Gasteiger partial charge in [0, 0.05) is 32.3 Å². The normalized spacial score (nSPS) is 18.3. The Hall–Kier alpha value is -1.85. The Kier molecular flexibility index (Phi) is 5.98. The van der Waals surface area contributed by atoms with Gasteiger partial charge in [-0.2, -0.15) is 5.10 Å². The summed E-state index contributed by atoms with van der Waals surface area (Å²) in [5, 5.41) is 4.11. The van der Waals surface area contributed by atoms with Gasteiger partial charge in [-0.1, -0.05) is 0 Å². The average molecular weight is 307 g/mol. The van der Waals surface area contributed by atoms with Crippen LogP contribution in [0, 0.1) is 0 Å². The molecule has 22 heavy (non-hydrogen) atoms. The number of hydrogen-bond donors (Lipinski definition) is 0. The molecule has 1 aromatic heterocycles. The van der Waals surface area contributed by atoms with Crippen LogP contribution in [0.15, 0.2) is 12.4 Å². The molecular formula is C16H25N3O3. The molecule has 1 atom stereocenters. The Morgan fingerprint density at radius 3 is 2.91 bits per heavy atom. The second-order valence-electron chi connectivity index (χ2n) is 5.77. The van der Waals surface area contributed by atoms with Crippen LogP contribution in [0.2, 0.25) is 0 Å². The van der Waals surface area contributed by atoms with Crippen molar-refractivity contribution in [2.24, 2.45) is 7.05 Å². The monoisotopic (exact) mass is 307 g/mol. The van der Waals surface area contributed by atoms with Crippen molar-refractivity contribution in [1.82, 2.24) is 14.7 Å². The summed E-state index contributed by atoms with van der Waals surface area (Å²) in [4.78, 5) is 26.0. The summed E-state index contributed by atoms with van der Waals surface area (Å²) in [5.41, 5.74) is 1.06. The Labute approximate surface area is 131 Å². The molecule has 0 aromatic carbocycles. The largest absolute Gasteiger partial charge is 0.466 e. The van der Waals surface area contributed by atoms with Gasteiger partial charge in [0.15, 0.2) is 0 Å². The number of piperidine rings is 1. The molecule has 0 aliphatic carbocycles. The number of nitrogens with zero attached hydrogens (tertiary/aromatic N) is 3. The fourth-order valence-electron chi connectivity index (χ4n) is 2.95. The van der Waals surface area contributed by atoms with Gasteiger partial charge in [0.05, 0.1) is 19.2 Å². The molecule has 1 fully saturated rings. The Morgan fingerprint density at radius 1 is 1.41 bits per heavy atom. The van der Waals surface area contributed by atoms with Crippen molar-refractivity contribution in [3.63, 3.8) is 0 Å². The second kappa shape index (κ2) is 7.96. The number of carbonyl (C=O) groups is 2. The summed E-state index contributed by atoms with van der Waals surface area (Å²) in [6.07, 6.45) is 8.15. The maximum absolute atomic E-state index is 12.5. The first-order valence-electron chi connectivity index (χ1n) is 8.02. The van der Waals surface area contributed by atoms with Crippen LogP contribution >= 0.6 is 0 Å². The van der Waals surface area contributed by atoms with E-state index in [0.717, 1.165) is 31.4 Å². The van der Waals surface area contributed by atoms with Crippen molar-refractivity contribution in [1.29, 1.82) is 0 Å². The van der Waals surface area contributed by atoms with Gasteiger partial charge in [0.25, 0.3) is 0 Å². The molecule has 1 aromatic rings. The topological polar surface area (TPSA) is 64.4 Å². The third-order valence-electron chi connectivity index (χ3n) is 4.04. The number of rotatable bonds is 6. The molecule has 0 radical (unpaired) electrons. The van der Waals surface area contributed by atoms with Gasteiger partial charge in [-0.25, -0.2) is 0 Å². The lowest BCUT2D eigenvalue weighted by Gasteiger charge is -2.35. The van der Waals surface area contributed by atoms with E-state index in [-0.39, 0.29) is 17.9 Å². The molecule has 1 aliphatic heterocycles. The van der Waals surface area contributed by atoms with Crippen LogP contribution in [-0.2, 0) is 27.8 Å². The van der Waals surface area contributed by atoms with Crippen LogP contribution in [0.5, 0.6) is 0 Å². The zero-order valence-electron chi connectivity index (χ0n) is 13.5. The maximum atomic E-state index is 12.5. The Bertz CT molecular complexity index is 512. The summed E-state index contributed by atoms with van der Waals surface area (Å²) in [6, 6.07) is -0.00537. The quantitative estimate of drug-likeness (QED) is 0.750. The fraction of sp³-hybridized carbons (Fsp3) is 0.688. The molecule has 0 N–H and O–H groups in total. The predicted molar refractivity (Wildman–Crippen MR) is 82.1 cm³/mol. The molecule has 1 saturated heterocycles. The van der Waals surface area contributed by atoms with E-state index >= 15 is 0 Å². The van der Waals surface area contributed by atoms with E-state index in [9.17, 15) is 9.59 Å². The lowest BCUT2D eigenvalue weighted by Crippen LogP contribution is -2.45. The van der Waals surface area contributed by atoms with E-state index < -0.39 is 0 Å². The molecular weight excluding hydrogens is 282 g/mol. The summed E-state index contributed by atoms with van der Waals surface area (Å²) in [5.74, 6) is -0.0858. The van der Waals surface area contributed by atoms with Crippen LogP contribution in [-0.4, -0.2) is 45.8 Å². The molecule has 1 aliphatic rings. The van der Waals surface area contributed by atoms with Crippen molar-refractivity contribution in [3.8, 4) is 0 Å². The molecule has 0 spiro atoms. The molecule has 6 nitrogen and oxygen atoms in total. The summed E-state index contributed by atoms with van der Waals surface area (Å²) in [6.45, 7) is 2.94. The van der Waals surface area contributed by atoms with Crippen LogP contribution in [0.25, 0.3) is 0 Å². The minimum absolute atomic E-state index is 0.00537. The van der Waals surface area contributed by atoms with Gasteiger partial charge < -0.3 is 9.64 Å². The summed E-state index contributed by atoms with van der Waals surface area (Å²) in [7, 11) is 1.87. The highest BCUT2D eigenvalue weighted by molar-refractivity contribution is 5.78. The van der Waals surface area contributed by atoms with E-state index in [2.05, 4.69) is 5.10 Å². The van der Waals surface area contributed by atoms with E-state index in [1.807, 2.05) is 18.1 Å². The molecule has 1 unspecified atom stereocenters. The van der Waals surface area contributed by atoms with Gasteiger partial charge in [0.1, 0.15) is 0 Å². The molecule has 2 heterocycles. The number of aromatic nitrogens is 2. The highest BCUT2D eigenvalue weighted by atomic mass is 16.5. The first kappa shape index (κ1) is 16.5. The average Bonchev–Trinajstić information content (AvgIpc) is 2.91. The van der Waals surface area contributed by atoms with Gasteiger partial charge in [-0.05, 0) is 38.2 Å². The van der Waals surface area contributed by atoms with E-state index in [1.165, 1.54) is 0 Å². The second-order valence-corrected chi connectivity index (χ2v) is 5.77. The zero-order chi connectivity index (χ0) is 15.9. The van der Waals surface area contributed by atoms with E-state index in [0.29, 0.717) is 25.9 Å². The molecule has 0 saturated carbocycles. The summed E-state index contributed by atoms with van der Waals surface area (Å²) < 4.78 is 6.76. The Morgan fingerprint density at radius 2 is 2.23 bits per heavy atom. The number of likely N-dealkylation sites (tertiary alicyclic amines) is 1. The third kappa shape index (κ3) is 4.58. The van der Waals surface area contributed by atoms with Gasteiger partial charge in [0.2, 0.25) is 5.91 Å². The van der Waals surface area contributed by atoms with E-state index in [1.54, 1.807) is 17.8 Å². The first-order valence-corrected chi connectivity index (χ1v) is 8.02. The van der Waals surface area contributed by atoms with Crippen molar-refractivity contribution >= 4 is 11.9 Å². The van der Waals surface area contributed by atoms with Gasteiger partial charge in [-0.15, -0.1) is 0 Å². The highest BCUT2D eigenvalue weighted by Gasteiger charge is 2.28. The molecule has 122 valence electrons. The van der Waals surface area contributed by atoms with Crippen molar-refractivity contribution < 1.29 is 14.3 Å². The fourth-order valence-corrected chi connectivity index (χ4v) is 2.95. The molecule has 0 bridgehead atoms. The standard InChI is InChI=1S/C16H25N3O3/c1-3-22-16(21)10-14-6-4-5-9-19(14)15(20)8-7-13-11-17-18(2)12-13/h11-12,14H,3-10H2,1-2H3. The van der Waals surface area contributed by atoms with Crippen LogP contribution in [0.1, 0.15) is 44.6 Å². The maximum Gasteiger partial charge on any atom is 0.307 e. The number of carbonyl (C=O) groups excluding carboxylic acids is 2. The first-order chi connectivity index (χ1) is 10.6. The van der Waals surface area contributed by atoms with Crippen molar-refractivity contribution in [3.05, 3.63) is 18.0 Å². The molecule has 2 rings (SSSR count). The molecule has 6 heteroatoms. The lowest BCUT2D eigenvalue weighted by atomic mass is 9.98. The number of aryl methyl sites for hydroxylation is 2. The minimum Gasteiger partial charge on any atom is -0.466 e. The zero-order valence-corrected chi connectivity index (χ0v) is 13.5. The number of hydrogen-bond acceptors (Lipinski definition) is 4.